The molecule has 1 aromatic carbocycles. The van der Waals surface area contributed by atoms with Crippen molar-refractivity contribution in [1.82, 2.24) is 4.57 Å². The van der Waals surface area contributed by atoms with Crippen LogP contribution in [0.5, 0.6) is 0 Å². The average Bonchev–Trinajstić information content (AvgIpc) is 3.27. The van der Waals surface area contributed by atoms with E-state index >= 15 is 0 Å². The fourth-order valence-electron chi connectivity index (χ4n) is 3.49. The number of halogens is 2. The molecule has 2 aromatic rings. The van der Waals surface area contributed by atoms with Crippen LogP contribution in [0.3, 0.4) is 0 Å². The molecular formula is C17H18ClFN4O. The summed E-state index contributed by atoms with van der Waals surface area (Å²) < 4.78 is 16.3. The van der Waals surface area contributed by atoms with Gasteiger partial charge in [0.15, 0.2) is 0 Å². The maximum atomic E-state index is 14.7. The maximum absolute atomic E-state index is 14.7. The lowest BCUT2D eigenvalue weighted by molar-refractivity contribution is 0.623. The van der Waals surface area contributed by atoms with Crippen LogP contribution in [0.25, 0.3) is 10.9 Å². The maximum Gasteiger partial charge on any atom is 0.251 e. The molecule has 5 nitrogen and oxygen atoms in total. The van der Waals surface area contributed by atoms with Gasteiger partial charge in [-0.15, -0.1) is 12.4 Å². The second-order valence-corrected chi connectivity index (χ2v) is 6.40. The van der Waals surface area contributed by atoms with Crippen molar-refractivity contribution in [2.75, 3.05) is 18.0 Å². The molecule has 0 spiro atoms. The number of nitriles is 1. The molecule has 0 radical (unpaired) electrons. The summed E-state index contributed by atoms with van der Waals surface area (Å²) in [4.78, 5) is 14.1. The predicted octanol–water partition coefficient (Wildman–Crippen LogP) is 2.31. The van der Waals surface area contributed by atoms with Gasteiger partial charge in [-0.3, -0.25) is 4.79 Å². The molecule has 4 rings (SSSR count). The Morgan fingerprint density at radius 2 is 2.04 bits per heavy atom. The minimum absolute atomic E-state index is 0. The van der Waals surface area contributed by atoms with Crippen molar-refractivity contribution in [2.45, 2.75) is 31.3 Å². The summed E-state index contributed by atoms with van der Waals surface area (Å²) in [5, 5.41) is 10.3. The number of nitrogens with zero attached hydrogens (tertiary/aromatic N) is 3. The van der Waals surface area contributed by atoms with E-state index in [9.17, 15) is 14.4 Å². The van der Waals surface area contributed by atoms with Crippen LogP contribution < -0.4 is 16.2 Å². The van der Waals surface area contributed by atoms with Gasteiger partial charge < -0.3 is 15.2 Å². The molecule has 126 valence electrons. The fourth-order valence-corrected chi connectivity index (χ4v) is 3.49. The van der Waals surface area contributed by atoms with Crippen LogP contribution in [-0.4, -0.2) is 23.7 Å². The standard InChI is InChI=1S/C17H17FN4O.ClH/c18-14-7-10-1-4-15(23)22(12-2-3-12)16(10)13(8-19)17(14)21-6-5-11(20)9-21;/h1,4,7,11-12H,2-3,5-6,9,20H2;1H/t11-;/m0./s1. The predicted molar refractivity (Wildman–Crippen MR) is 93.2 cm³/mol. The minimum Gasteiger partial charge on any atom is -0.366 e. The molecule has 2 aliphatic rings. The summed E-state index contributed by atoms with van der Waals surface area (Å²) in [6.07, 6.45) is 2.61. The zero-order valence-electron chi connectivity index (χ0n) is 13.0. The number of fused-ring (bicyclic) bond motifs is 1. The fraction of sp³-hybridized carbons (Fsp3) is 0.412. The lowest BCUT2D eigenvalue weighted by Gasteiger charge is -2.22. The number of nitrogens with two attached hydrogens (primary N) is 1. The molecule has 1 atom stereocenters. The number of anilines is 1. The third-order valence-electron chi connectivity index (χ3n) is 4.70. The first-order valence-corrected chi connectivity index (χ1v) is 7.88. The summed E-state index contributed by atoms with van der Waals surface area (Å²) in [5.41, 5.74) is 6.88. The number of benzene rings is 1. The van der Waals surface area contributed by atoms with Crippen molar-refractivity contribution in [2.24, 2.45) is 5.73 Å². The Bertz CT molecular complexity index is 900. The molecule has 1 aliphatic heterocycles. The first-order valence-electron chi connectivity index (χ1n) is 7.88. The van der Waals surface area contributed by atoms with E-state index in [0.717, 1.165) is 19.3 Å². The molecule has 0 amide bonds. The van der Waals surface area contributed by atoms with E-state index in [1.165, 1.54) is 12.1 Å². The van der Waals surface area contributed by atoms with Gasteiger partial charge in [0.25, 0.3) is 5.56 Å². The second-order valence-electron chi connectivity index (χ2n) is 6.40. The van der Waals surface area contributed by atoms with Crippen molar-refractivity contribution in [3.63, 3.8) is 0 Å². The molecule has 1 saturated heterocycles. The molecule has 0 bridgehead atoms. The summed E-state index contributed by atoms with van der Waals surface area (Å²) in [5.74, 6) is -0.427. The zero-order valence-corrected chi connectivity index (χ0v) is 13.9. The van der Waals surface area contributed by atoms with E-state index in [1.807, 2.05) is 4.90 Å². The van der Waals surface area contributed by atoms with Gasteiger partial charge in [0.05, 0.1) is 11.2 Å². The van der Waals surface area contributed by atoms with Gasteiger partial charge in [0.2, 0.25) is 0 Å². The zero-order chi connectivity index (χ0) is 16.1. The summed E-state index contributed by atoms with van der Waals surface area (Å²) in [6, 6.07) is 6.72. The minimum atomic E-state index is -0.427. The topological polar surface area (TPSA) is 75.1 Å². The SMILES string of the molecule is Cl.N#Cc1c(N2CC[C@H](N)C2)c(F)cc2ccc(=O)n(C3CC3)c12. The van der Waals surface area contributed by atoms with Crippen molar-refractivity contribution < 1.29 is 4.39 Å². The first kappa shape index (κ1) is 16.7. The van der Waals surface area contributed by atoms with Crippen LogP contribution >= 0.6 is 12.4 Å². The number of pyridine rings is 1. The highest BCUT2D eigenvalue weighted by molar-refractivity contribution is 5.91. The van der Waals surface area contributed by atoms with Gasteiger partial charge in [0.1, 0.15) is 17.4 Å². The highest BCUT2D eigenvalue weighted by Crippen LogP contribution is 2.39. The molecule has 1 saturated carbocycles. The van der Waals surface area contributed by atoms with Gasteiger partial charge in [0, 0.05) is 36.6 Å². The molecule has 7 heteroatoms. The summed E-state index contributed by atoms with van der Waals surface area (Å²) in [6.45, 7) is 1.15. The molecule has 2 N–H and O–H groups in total. The van der Waals surface area contributed by atoms with Crippen LogP contribution in [0, 0.1) is 17.1 Å². The third kappa shape index (κ3) is 2.54. The van der Waals surface area contributed by atoms with Gasteiger partial charge in [-0.25, -0.2) is 4.39 Å². The normalized spacial score (nSPS) is 20.0. The number of hydrogen-bond acceptors (Lipinski definition) is 4. The van der Waals surface area contributed by atoms with Gasteiger partial charge in [-0.2, -0.15) is 5.26 Å². The van der Waals surface area contributed by atoms with E-state index in [0.29, 0.717) is 24.0 Å². The quantitative estimate of drug-likeness (QED) is 0.903. The third-order valence-corrected chi connectivity index (χ3v) is 4.70. The van der Waals surface area contributed by atoms with Crippen LogP contribution in [0.1, 0.15) is 30.9 Å². The van der Waals surface area contributed by atoms with Crippen LogP contribution in [0.4, 0.5) is 10.1 Å². The van der Waals surface area contributed by atoms with Crippen LogP contribution in [-0.2, 0) is 0 Å². The molecule has 2 fully saturated rings. The first-order chi connectivity index (χ1) is 11.1. The Morgan fingerprint density at radius 3 is 2.62 bits per heavy atom. The van der Waals surface area contributed by atoms with E-state index in [1.54, 1.807) is 10.6 Å². The van der Waals surface area contributed by atoms with Gasteiger partial charge in [-0.1, -0.05) is 0 Å². The largest absolute Gasteiger partial charge is 0.366 e. The highest BCUT2D eigenvalue weighted by Gasteiger charge is 2.30. The Labute approximate surface area is 144 Å². The van der Waals surface area contributed by atoms with Crippen LogP contribution in [0.2, 0.25) is 0 Å². The second kappa shape index (κ2) is 6.08. The molecule has 1 aromatic heterocycles. The Hall–Kier alpha value is -2.10. The summed E-state index contributed by atoms with van der Waals surface area (Å²) >= 11 is 0. The molecule has 24 heavy (non-hydrogen) atoms. The van der Waals surface area contributed by atoms with E-state index in [2.05, 4.69) is 6.07 Å². The van der Waals surface area contributed by atoms with E-state index in [4.69, 9.17) is 5.73 Å². The highest BCUT2D eigenvalue weighted by atomic mass is 35.5. The monoisotopic (exact) mass is 348 g/mol. The van der Waals surface area contributed by atoms with Crippen molar-refractivity contribution in [3.05, 3.63) is 39.9 Å². The van der Waals surface area contributed by atoms with Crippen molar-refractivity contribution in [1.29, 1.82) is 5.26 Å². The lowest BCUT2D eigenvalue weighted by atomic mass is 10.1. The van der Waals surface area contributed by atoms with Crippen LogP contribution in [0.15, 0.2) is 23.0 Å². The Balaban J connectivity index is 0.00000169. The van der Waals surface area contributed by atoms with E-state index < -0.39 is 5.82 Å². The Kier molecular flexibility index (Phi) is 4.24. The molecule has 0 unspecified atom stereocenters. The van der Waals surface area contributed by atoms with Gasteiger partial charge in [-0.05, 0) is 31.4 Å². The number of rotatable bonds is 2. The molecule has 2 heterocycles. The molecule has 1 aliphatic carbocycles. The van der Waals surface area contributed by atoms with Gasteiger partial charge >= 0.3 is 0 Å². The van der Waals surface area contributed by atoms with Crippen molar-refractivity contribution >= 4 is 29.0 Å². The Morgan fingerprint density at radius 1 is 1.29 bits per heavy atom. The van der Waals surface area contributed by atoms with E-state index in [-0.39, 0.29) is 41.3 Å². The number of hydrogen-bond donors (Lipinski definition) is 1. The average molecular weight is 349 g/mol. The molecular weight excluding hydrogens is 331 g/mol. The summed E-state index contributed by atoms with van der Waals surface area (Å²) in [7, 11) is 0. The number of aromatic nitrogens is 1. The smallest absolute Gasteiger partial charge is 0.251 e. The lowest BCUT2D eigenvalue weighted by Crippen LogP contribution is -2.28. The van der Waals surface area contributed by atoms with Crippen molar-refractivity contribution in [3.8, 4) is 6.07 Å².